The number of hydrogen-bond acceptors (Lipinski definition) is 6. The molecule has 25 heavy (non-hydrogen) atoms. The average Bonchev–Trinajstić information content (AvgIpc) is 3.23. The molecule has 0 amide bonds. The lowest BCUT2D eigenvalue weighted by Gasteiger charge is -2.30. The number of piperidine rings is 1. The molecule has 10 heteroatoms. The van der Waals surface area contributed by atoms with Crippen LogP contribution in [-0.4, -0.2) is 45.4 Å². The van der Waals surface area contributed by atoms with E-state index in [2.05, 4.69) is 15.1 Å². The van der Waals surface area contributed by atoms with Gasteiger partial charge in [-0.05, 0) is 18.8 Å². The molecule has 132 valence electrons. The maximum absolute atomic E-state index is 14.3. The smallest absolute Gasteiger partial charge is 0.278 e. The van der Waals surface area contributed by atoms with Crippen molar-refractivity contribution in [1.82, 2.24) is 23.9 Å². The Morgan fingerprint density at radius 3 is 2.72 bits per heavy atom. The SMILES string of the molecule is Cc1ncc(S(=O)(=O)N2CCC(c3cn4ncnc4cc3F)CC2)o1. The molecular weight excluding hydrogens is 349 g/mol. The zero-order valence-corrected chi connectivity index (χ0v) is 14.3. The minimum atomic E-state index is -3.70. The second kappa shape index (κ2) is 5.88. The number of nitrogens with zero attached hydrogens (tertiary/aromatic N) is 5. The molecule has 0 spiro atoms. The lowest BCUT2D eigenvalue weighted by atomic mass is 9.91. The first-order valence-corrected chi connectivity index (χ1v) is 9.30. The first kappa shape index (κ1) is 16.2. The quantitative estimate of drug-likeness (QED) is 0.702. The van der Waals surface area contributed by atoms with Gasteiger partial charge in [-0.3, -0.25) is 0 Å². The molecule has 3 aromatic rings. The van der Waals surface area contributed by atoms with Crippen LogP contribution >= 0.6 is 0 Å². The van der Waals surface area contributed by atoms with Crippen molar-refractivity contribution in [2.24, 2.45) is 0 Å². The van der Waals surface area contributed by atoms with E-state index in [4.69, 9.17) is 4.42 Å². The van der Waals surface area contributed by atoms with Gasteiger partial charge in [0, 0.05) is 37.8 Å². The predicted octanol–water partition coefficient (Wildman–Crippen LogP) is 1.73. The highest BCUT2D eigenvalue weighted by molar-refractivity contribution is 7.89. The summed E-state index contributed by atoms with van der Waals surface area (Å²) < 4.78 is 47.5. The fourth-order valence-electron chi connectivity index (χ4n) is 3.15. The number of oxazole rings is 1. The number of aromatic nitrogens is 4. The molecule has 0 aliphatic carbocycles. The van der Waals surface area contributed by atoms with Gasteiger partial charge >= 0.3 is 0 Å². The Kier molecular flexibility index (Phi) is 3.80. The van der Waals surface area contributed by atoms with Crippen LogP contribution < -0.4 is 0 Å². The van der Waals surface area contributed by atoms with Gasteiger partial charge < -0.3 is 4.42 Å². The third-order valence-electron chi connectivity index (χ3n) is 4.48. The van der Waals surface area contributed by atoms with E-state index >= 15 is 0 Å². The van der Waals surface area contributed by atoms with E-state index in [1.54, 1.807) is 13.1 Å². The average molecular weight is 365 g/mol. The van der Waals surface area contributed by atoms with Crippen LogP contribution in [0.25, 0.3) is 5.65 Å². The van der Waals surface area contributed by atoms with Gasteiger partial charge in [0.25, 0.3) is 15.1 Å². The van der Waals surface area contributed by atoms with Crippen molar-refractivity contribution >= 4 is 15.7 Å². The molecule has 0 atom stereocenters. The fraction of sp³-hybridized carbons (Fsp3) is 0.400. The molecular formula is C15H16FN5O3S. The zero-order valence-electron chi connectivity index (χ0n) is 13.5. The number of aryl methyl sites for hydroxylation is 1. The highest BCUT2D eigenvalue weighted by Crippen LogP contribution is 2.32. The van der Waals surface area contributed by atoms with Crippen LogP contribution in [0, 0.1) is 12.7 Å². The van der Waals surface area contributed by atoms with Crippen LogP contribution in [-0.2, 0) is 10.0 Å². The molecule has 0 N–H and O–H groups in total. The van der Waals surface area contributed by atoms with E-state index in [1.807, 2.05) is 0 Å². The van der Waals surface area contributed by atoms with Crippen molar-refractivity contribution in [3.63, 3.8) is 0 Å². The Labute approximate surface area is 143 Å². The van der Waals surface area contributed by atoms with Crippen LogP contribution in [0.15, 0.2) is 34.3 Å². The Morgan fingerprint density at radius 2 is 2.04 bits per heavy atom. The van der Waals surface area contributed by atoms with E-state index in [0.717, 1.165) is 0 Å². The monoisotopic (exact) mass is 365 g/mol. The topological polar surface area (TPSA) is 93.6 Å². The van der Waals surface area contributed by atoms with E-state index in [1.165, 1.54) is 27.4 Å². The molecule has 0 aromatic carbocycles. The molecule has 0 saturated carbocycles. The Hall–Kier alpha value is -2.33. The summed E-state index contributed by atoms with van der Waals surface area (Å²) in [6.07, 6.45) is 5.25. The molecule has 4 rings (SSSR count). The van der Waals surface area contributed by atoms with Gasteiger partial charge in [0.1, 0.15) is 12.1 Å². The lowest BCUT2D eigenvalue weighted by Crippen LogP contribution is -2.38. The van der Waals surface area contributed by atoms with Gasteiger partial charge in [-0.15, -0.1) is 0 Å². The van der Waals surface area contributed by atoms with Crippen LogP contribution in [0.5, 0.6) is 0 Å². The maximum Gasteiger partial charge on any atom is 0.278 e. The Balaban J connectivity index is 1.53. The van der Waals surface area contributed by atoms with Crippen LogP contribution in [0.1, 0.15) is 30.2 Å². The minimum absolute atomic E-state index is 0.0727. The van der Waals surface area contributed by atoms with E-state index in [-0.39, 0.29) is 16.8 Å². The van der Waals surface area contributed by atoms with Gasteiger partial charge in [0.2, 0.25) is 0 Å². The molecule has 0 bridgehead atoms. The summed E-state index contributed by atoms with van der Waals surface area (Å²) in [6, 6.07) is 1.35. The van der Waals surface area contributed by atoms with Crippen molar-refractivity contribution in [3.05, 3.63) is 42.1 Å². The van der Waals surface area contributed by atoms with Gasteiger partial charge in [0.15, 0.2) is 11.5 Å². The van der Waals surface area contributed by atoms with Crippen molar-refractivity contribution in [2.75, 3.05) is 13.1 Å². The number of fused-ring (bicyclic) bond motifs is 1. The lowest BCUT2D eigenvalue weighted by molar-refractivity contribution is 0.304. The van der Waals surface area contributed by atoms with Gasteiger partial charge in [-0.1, -0.05) is 0 Å². The first-order valence-electron chi connectivity index (χ1n) is 7.86. The summed E-state index contributed by atoms with van der Waals surface area (Å²) in [5.74, 6) is -0.110. The third kappa shape index (κ3) is 2.81. The number of hydrogen-bond donors (Lipinski definition) is 0. The minimum Gasteiger partial charge on any atom is -0.428 e. The van der Waals surface area contributed by atoms with Crippen molar-refractivity contribution < 1.29 is 17.2 Å². The van der Waals surface area contributed by atoms with Crippen molar-refractivity contribution in [2.45, 2.75) is 30.8 Å². The predicted molar refractivity (Wildman–Crippen MR) is 84.9 cm³/mol. The Morgan fingerprint density at radius 1 is 1.28 bits per heavy atom. The fourth-order valence-corrected chi connectivity index (χ4v) is 4.51. The van der Waals surface area contributed by atoms with Crippen LogP contribution in [0.3, 0.4) is 0 Å². The summed E-state index contributed by atoms with van der Waals surface area (Å²) in [4.78, 5) is 7.79. The summed E-state index contributed by atoms with van der Waals surface area (Å²) in [7, 11) is -3.70. The summed E-state index contributed by atoms with van der Waals surface area (Å²) in [5.41, 5.74) is 0.979. The van der Waals surface area contributed by atoms with Crippen LogP contribution in [0.4, 0.5) is 4.39 Å². The first-order chi connectivity index (χ1) is 11.9. The van der Waals surface area contributed by atoms with Crippen molar-refractivity contribution in [1.29, 1.82) is 0 Å². The van der Waals surface area contributed by atoms with Gasteiger partial charge in [-0.25, -0.2) is 27.3 Å². The van der Waals surface area contributed by atoms with E-state index in [0.29, 0.717) is 43.0 Å². The number of halogens is 1. The molecule has 8 nitrogen and oxygen atoms in total. The normalized spacial score (nSPS) is 17.4. The molecule has 1 aliphatic rings. The summed E-state index contributed by atoms with van der Waals surface area (Å²) >= 11 is 0. The third-order valence-corrected chi connectivity index (χ3v) is 6.22. The number of sulfonamides is 1. The number of rotatable bonds is 3. The Bertz CT molecular complexity index is 1020. The largest absolute Gasteiger partial charge is 0.428 e. The second-order valence-electron chi connectivity index (χ2n) is 6.02. The standard InChI is InChI=1S/C15H16FN5O3S/c1-10-17-7-15(24-10)25(22,23)20-4-2-11(3-5-20)12-8-21-14(6-13(12)16)18-9-19-21/h6-9,11H,2-5H2,1H3. The summed E-state index contributed by atoms with van der Waals surface area (Å²) in [6.45, 7) is 2.18. The zero-order chi connectivity index (χ0) is 17.6. The molecule has 1 fully saturated rings. The molecule has 4 heterocycles. The van der Waals surface area contributed by atoms with Gasteiger partial charge in [-0.2, -0.15) is 9.40 Å². The second-order valence-corrected chi connectivity index (χ2v) is 7.89. The maximum atomic E-state index is 14.3. The number of pyridine rings is 1. The molecule has 1 saturated heterocycles. The molecule has 0 unspecified atom stereocenters. The van der Waals surface area contributed by atoms with Gasteiger partial charge in [0.05, 0.1) is 6.20 Å². The van der Waals surface area contributed by atoms with Crippen molar-refractivity contribution in [3.8, 4) is 0 Å². The molecule has 3 aromatic heterocycles. The molecule has 1 aliphatic heterocycles. The van der Waals surface area contributed by atoms with E-state index < -0.39 is 10.0 Å². The molecule has 0 radical (unpaired) electrons. The van der Waals surface area contributed by atoms with Crippen LogP contribution in [0.2, 0.25) is 0 Å². The summed E-state index contributed by atoms with van der Waals surface area (Å²) in [5, 5.41) is 3.87. The highest BCUT2D eigenvalue weighted by atomic mass is 32.2. The van der Waals surface area contributed by atoms with E-state index in [9.17, 15) is 12.8 Å². The highest BCUT2D eigenvalue weighted by Gasteiger charge is 2.33.